The highest BCUT2D eigenvalue weighted by Crippen LogP contribution is 2.35. The third-order valence-electron chi connectivity index (χ3n) is 6.56. The van der Waals surface area contributed by atoms with Crippen LogP contribution < -0.4 is 20.1 Å². The van der Waals surface area contributed by atoms with Crippen molar-refractivity contribution in [3.8, 4) is 22.9 Å². The molecular formula is C26H20F3N7O4. The minimum atomic E-state index is -4.62. The zero-order chi connectivity index (χ0) is 27.9. The van der Waals surface area contributed by atoms with Crippen LogP contribution in [0.1, 0.15) is 56.0 Å². The van der Waals surface area contributed by atoms with Crippen LogP contribution in [0.15, 0.2) is 48.8 Å². The minimum absolute atomic E-state index is 0.0219. The third-order valence-corrected chi connectivity index (χ3v) is 6.56. The summed E-state index contributed by atoms with van der Waals surface area (Å²) in [5.41, 5.74) is 2.99. The molecule has 0 saturated carbocycles. The van der Waals surface area contributed by atoms with Crippen LogP contribution in [-0.4, -0.2) is 43.8 Å². The number of hydrogen-bond acceptors (Lipinski definition) is 8. The van der Waals surface area contributed by atoms with Gasteiger partial charge < -0.3 is 20.1 Å². The number of hydrogen-bond donors (Lipinski definition) is 3. The number of alkyl halides is 3. The Hall–Kier alpha value is -5.01. The fourth-order valence-corrected chi connectivity index (χ4v) is 4.59. The number of rotatable bonds is 6. The lowest BCUT2D eigenvalue weighted by atomic mass is 10.0. The number of aromatic amines is 1. The topological polar surface area (TPSA) is 144 Å². The van der Waals surface area contributed by atoms with E-state index in [1.165, 1.54) is 6.07 Å². The largest absolute Gasteiger partial charge is 0.454 e. The molecule has 0 fully saturated rings. The predicted molar refractivity (Wildman–Crippen MR) is 131 cm³/mol. The molecule has 14 heteroatoms. The highest BCUT2D eigenvalue weighted by molar-refractivity contribution is 5.97. The van der Waals surface area contributed by atoms with Crippen LogP contribution in [0.4, 0.5) is 13.2 Å². The predicted octanol–water partition coefficient (Wildman–Crippen LogP) is 3.36. The van der Waals surface area contributed by atoms with E-state index in [0.29, 0.717) is 29.9 Å². The van der Waals surface area contributed by atoms with Crippen molar-refractivity contribution in [1.29, 1.82) is 0 Å². The molecule has 3 N–H and O–H groups in total. The van der Waals surface area contributed by atoms with Crippen molar-refractivity contribution in [3.63, 3.8) is 0 Å². The Morgan fingerprint density at radius 2 is 1.80 bits per heavy atom. The number of nitrogens with zero attached hydrogens (tertiary/aromatic N) is 4. The van der Waals surface area contributed by atoms with Crippen LogP contribution in [0.5, 0.6) is 11.5 Å². The van der Waals surface area contributed by atoms with Crippen LogP contribution in [0.2, 0.25) is 0 Å². The van der Waals surface area contributed by atoms with Gasteiger partial charge in [0, 0.05) is 18.2 Å². The third kappa shape index (κ3) is 5.02. The Labute approximate surface area is 224 Å². The highest BCUT2D eigenvalue weighted by atomic mass is 19.4. The van der Waals surface area contributed by atoms with E-state index < -0.39 is 23.8 Å². The summed E-state index contributed by atoms with van der Waals surface area (Å²) in [6.45, 7) is 0.367. The van der Waals surface area contributed by atoms with Crippen molar-refractivity contribution < 1.29 is 32.2 Å². The van der Waals surface area contributed by atoms with Crippen molar-refractivity contribution in [2.75, 3.05) is 6.79 Å². The number of carbonyl (C=O) groups is 2. The number of nitrogens with one attached hydrogen (secondary N) is 3. The maximum atomic E-state index is 13.0. The average molecular weight is 551 g/mol. The van der Waals surface area contributed by atoms with Gasteiger partial charge in [0.25, 0.3) is 11.8 Å². The number of amides is 2. The molecule has 0 spiro atoms. The van der Waals surface area contributed by atoms with E-state index in [2.05, 4.69) is 30.7 Å². The van der Waals surface area contributed by atoms with Gasteiger partial charge in [0.2, 0.25) is 12.6 Å². The average Bonchev–Trinajstić information content (AvgIpc) is 3.71. The molecule has 3 heterocycles. The molecule has 2 aromatic heterocycles. The first-order chi connectivity index (χ1) is 19.2. The van der Waals surface area contributed by atoms with Gasteiger partial charge in [-0.3, -0.25) is 14.7 Å². The van der Waals surface area contributed by atoms with E-state index in [1.807, 2.05) is 5.10 Å². The van der Waals surface area contributed by atoms with E-state index in [9.17, 15) is 22.8 Å². The van der Waals surface area contributed by atoms with E-state index in [1.54, 1.807) is 36.4 Å². The molecule has 1 aliphatic carbocycles. The van der Waals surface area contributed by atoms with Gasteiger partial charge in [-0.15, -0.1) is 0 Å². The number of H-pyrrole nitrogens is 1. The molecule has 204 valence electrons. The quantitative estimate of drug-likeness (QED) is 0.331. The minimum Gasteiger partial charge on any atom is -0.454 e. The molecule has 0 radical (unpaired) electrons. The summed E-state index contributed by atoms with van der Waals surface area (Å²) in [6.07, 6.45) is -2.29. The molecule has 1 aliphatic heterocycles. The van der Waals surface area contributed by atoms with Crippen LogP contribution in [0, 0.1) is 0 Å². The van der Waals surface area contributed by atoms with Gasteiger partial charge >= 0.3 is 6.18 Å². The molecule has 0 bridgehead atoms. The normalized spacial score (nSPS) is 15.5. The Balaban J connectivity index is 1.10. The van der Waals surface area contributed by atoms with E-state index >= 15 is 0 Å². The first kappa shape index (κ1) is 25.3. The van der Waals surface area contributed by atoms with Gasteiger partial charge in [-0.1, -0.05) is 18.2 Å². The molecule has 0 unspecified atom stereocenters. The monoisotopic (exact) mass is 551 g/mol. The van der Waals surface area contributed by atoms with Crippen molar-refractivity contribution in [2.24, 2.45) is 0 Å². The van der Waals surface area contributed by atoms with Crippen LogP contribution >= 0.6 is 0 Å². The number of ether oxygens (including phenoxy) is 2. The maximum Gasteiger partial charge on any atom is 0.451 e. The molecule has 11 nitrogen and oxygen atoms in total. The van der Waals surface area contributed by atoms with E-state index in [4.69, 9.17) is 9.47 Å². The van der Waals surface area contributed by atoms with Gasteiger partial charge in [0.1, 0.15) is 17.7 Å². The number of benzene rings is 2. The lowest BCUT2D eigenvalue weighted by Crippen LogP contribution is -2.29. The Kier molecular flexibility index (Phi) is 6.28. The van der Waals surface area contributed by atoms with Crippen molar-refractivity contribution >= 4 is 11.8 Å². The molecule has 4 aromatic rings. The van der Waals surface area contributed by atoms with Gasteiger partial charge in [-0.2, -0.15) is 18.3 Å². The summed E-state index contributed by atoms with van der Waals surface area (Å²) >= 11 is 0. The molecule has 0 saturated heterocycles. The molecule has 2 aliphatic rings. The van der Waals surface area contributed by atoms with Gasteiger partial charge in [-0.25, -0.2) is 15.0 Å². The fraction of sp³-hybridized carbons (Fsp3) is 0.231. The number of aryl methyl sites for hydroxylation is 1. The number of halogens is 3. The van der Waals surface area contributed by atoms with Crippen molar-refractivity contribution in [1.82, 2.24) is 35.8 Å². The molecule has 40 heavy (non-hydrogen) atoms. The first-order valence-corrected chi connectivity index (χ1v) is 12.2. The summed E-state index contributed by atoms with van der Waals surface area (Å²) < 4.78 is 49.2. The maximum absolute atomic E-state index is 13.0. The smallest absolute Gasteiger partial charge is 0.451 e. The molecular weight excluding hydrogens is 531 g/mol. The lowest BCUT2D eigenvalue weighted by molar-refractivity contribution is -0.144. The SMILES string of the molecule is O=C(NCc1ccc2c(c1)OCO2)c1cc(C(=O)N[C@H]2CCc3cc(-c4n[nH]c(C(F)(F)F)n4)ccc32)ncn1. The second kappa shape index (κ2) is 9.94. The van der Waals surface area contributed by atoms with Crippen LogP contribution in [-0.2, 0) is 19.1 Å². The Morgan fingerprint density at radius 3 is 2.60 bits per heavy atom. The van der Waals surface area contributed by atoms with Gasteiger partial charge in [-0.05, 0) is 47.7 Å². The van der Waals surface area contributed by atoms with Crippen LogP contribution in [0.25, 0.3) is 11.4 Å². The standard InChI is InChI=1S/C26H20F3N7O4/c27-26(28,29)25-34-22(35-36-25)15-2-4-16-14(8-15)3-5-17(16)33-24(38)19-9-18(31-11-32-19)23(37)30-10-13-1-6-20-21(7-13)40-12-39-20/h1-2,4,6-9,11,17H,3,5,10,12H2,(H,30,37)(H,33,38)(H,34,35,36)/t17-/m0/s1. The van der Waals surface area contributed by atoms with Crippen LogP contribution in [0.3, 0.4) is 0 Å². The summed E-state index contributed by atoms with van der Waals surface area (Å²) in [4.78, 5) is 37.2. The molecule has 2 aromatic carbocycles. The molecule has 1 atom stereocenters. The number of fused-ring (bicyclic) bond motifs is 2. The van der Waals surface area contributed by atoms with E-state index in [0.717, 1.165) is 23.0 Å². The Bertz CT molecular complexity index is 1620. The fourth-order valence-electron chi connectivity index (χ4n) is 4.59. The second-order valence-corrected chi connectivity index (χ2v) is 9.14. The summed E-state index contributed by atoms with van der Waals surface area (Å²) in [7, 11) is 0. The zero-order valence-electron chi connectivity index (χ0n) is 20.6. The first-order valence-electron chi connectivity index (χ1n) is 12.2. The van der Waals surface area contributed by atoms with Gasteiger partial charge in [0.15, 0.2) is 17.3 Å². The Morgan fingerprint density at radius 1 is 1.00 bits per heavy atom. The second-order valence-electron chi connectivity index (χ2n) is 9.14. The lowest BCUT2D eigenvalue weighted by Gasteiger charge is -2.14. The van der Waals surface area contributed by atoms with Crippen molar-refractivity contribution in [2.45, 2.75) is 31.6 Å². The molecule has 2 amide bonds. The highest BCUT2D eigenvalue weighted by Gasteiger charge is 2.35. The zero-order valence-corrected chi connectivity index (χ0v) is 20.6. The van der Waals surface area contributed by atoms with Crippen molar-refractivity contribution in [3.05, 3.63) is 82.7 Å². The summed E-state index contributed by atoms with van der Waals surface area (Å²) in [5, 5.41) is 11.2. The number of carbonyl (C=O) groups excluding carboxylic acids is 2. The van der Waals surface area contributed by atoms with Gasteiger partial charge in [0.05, 0.1) is 6.04 Å². The molecule has 6 rings (SSSR count). The number of aromatic nitrogens is 5. The van der Waals surface area contributed by atoms with E-state index in [-0.39, 0.29) is 36.6 Å². The summed E-state index contributed by atoms with van der Waals surface area (Å²) in [5.74, 6) is -0.953. The summed E-state index contributed by atoms with van der Waals surface area (Å²) in [6, 6.07) is 11.4.